The lowest BCUT2D eigenvalue weighted by molar-refractivity contribution is -0.147. The first-order chi connectivity index (χ1) is 12.7. The zero-order chi connectivity index (χ0) is 19.8. The molecule has 1 aliphatic rings. The van der Waals surface area contributed by atoms with Gasteiger partial charge in [-0.2, -0.15) is 0 Å². The summed E-state index contributed by atoms with van der Waals surface area (Å²) in [6.07, 6.45) is 1.91. The fourth-order valence-corrected chi connectivity index (χ4v) is 3.96. The third-order valence-corrected chi connectivity index (χ3v) is 5.60. The van der Waals surface area contributed by atoms with Gasteiger partial charge in [0.15, 0.2) is 0 Å². The topological polar surface area (TPSA) is 26.3 Å². The van der Waals surface area contributed by atoms with Crippen LogP contribution in [0.4, 0.5) is 8.78 Å². The van der Waals surface area contributed by atoms with Crippen molar-refractivity contribution in [3.63, 3.8) is 0 Å². The first-order valence-electron chi connectivity index (χ1n) is 8.45. The van der Waals surface area contributed by atoms with Crippen LogP contribution >= 0.6 is 31.9 Å². The van der Waals surface area contributed by atoms with E-state index in [1.807, 2.05) is 19.9 Å². The first-order valence-corrected chi connectivity index (χ1v) is 10.0. The van der Waals surface area contributed by atoms with E-state index in [9.17, 15) is 13.6 Å². The molecule has 0 aliphatic heterocycles. The van der Waals surface area contributed by atoms with Gasteiger partial charge in [0.1, 0.15) is 18.2 Å². The summed E-state index contributed by atoms with van der Waals surface area (Å²) in [5.41, 5.74) is 0.257. The molecule has 3 rings (SSSR count). The number of ether oxygens (including phenoxy) is 1. The maximum atomic E-state index is 14.8. The highest BCUT2D eigenvalue weighted by Crippen LogP contribution is 2.60. The highest BCUT2D eigenvalue weighted by Gasteiger charge is 2.61. The highest BCUT2D eigenvalue weighted by atomic mass is 79.9. The Balaban J connectivity index is 1.76. The van der Waals surface area contributed by atoms with E-state index in [0.717, 1.165) is 3.39 Å². The monoisotopic (exact) mass is 498 g/mol. The minimum absolute atomic E-state index is 0.0386. The molecule has 0 heterocycles. The molecule has 1 unspecified atom stereocenters. The van der Waals surface area contributed by atoms with Gasteiger partial charge in [-0.1, -0.05) is 50.3 Å². The van der Waals surface area contributed by atoms with Crippen LogP contribution in [0.5, 0.6) is 0 Å². The smallest absolute Gasteiger partial charge is 0.310 e. The molecule has 0 amide bonds. The lowest BCUT2D eigenvalue weighted by Gasteiger charge is -2.11. The van der Waals surface area contributed by atoms with Crippen molar-refractivity contribution in [1.82, 2.24) is 0 Å². The zero-order valence-corrected chi connectivity index (χ0v) is 18.0. The first kappa shape index (κ1) is 20.2. The number of hydrogen-bond acceptors (Lipinski definition) is 2. The Hall–Kier alpha value is -1.53. The fraction of sp³-hybridized carbons (Fsp3) is 0.286. The van der Waals surface area contributed by atoms with E-state index in [2.05, 4.69) is 31.9 Å². The van der Waals surface area contributed by atoms with Gasteiger partial charge in [-0.25, -0.2) is 8.78 Å². The van der Waals surface area contributed by atoms with Gasteiger partial charge in [0.2, 0.25) is 0 Å². The second-order valence-electron chi connectivity index (χ2n) is 7.15. The Morgan fingerprint density at radius 3 is 2.44 bits per heavy atom. The van der Waals surface area contributed by atoms with Gasteiger partial charge < -0.3 is 4.74 Å². The van der Waals surface area contributed by atoms with Crippen LogP contribution in [-0.4, -0.2) is 5.97 Å². The maximum Gasteiger partial charge on any atom is 0.310 e. The molecule has 2 nitrogen and oxygen atoms in total. The molecule has 0 radical (unpaired) electrons. The van der Waals surface area contributed by atoms with Gasteiger partial charge in [0.25, 0.3) is 0 Å². The second kappa shape index (κ2) is 7.84. The summed E-state index contributed by atoms with van der Waals surface area (Å²) < 4.78 is 35.1. The van der Waals surface area contributed by atoms with E-state index in [0.29, 0.717) is 5.56 Å². The minimum Gasteiger partial charge on any atom is -0.460 e. The van der Waals surface area contributed by atoms with Crippen LogP contribution in [0.1, 0.15) is 19.4 Å². The fourth-order valence-electron chi connectivity index (χ4n) is 3.39. The third-order valence-electron chi connectivity index (χ3n) is 5.07. The summed E-state index contributed by atoms with van der Waals surface area (Å²) >= 11 is 6.61. The van der Waals surface area contributed by atoms with Crippen LogP contribution in [0.3, 0.4) is 0 Å². The average molecular weight is 500 g/mol. The Labute approximate surface area is 173 Å². The molecule has 1 saturated carbocycles. The molecule has 2 aromatic carbocycles. The van der Waals surface area contributed by atoms with Crippen molar-refractivity contribution in [1.29, 1.82) is 0 Å². The third kappa shape index (κ3) is 4.16. The minimum atomic E-state index is -0.705. The molecule has 0 spiro atoms. The predicted molar refractivity (Wildman–Crippen MR) is 108 cm³/mol. The number of carbonyl (C=O) groups is 1. The Bertz CT molecular complexity index is 891. The van der Waals surface area contributed by atoms with Gasteiger partial charge in [-0.05, 0) is 60.9 Å². The van der Waals surface area contributed by atoms with Crippen LogP contribution < -0.4 is 0 Å². The van der Waals surface area contributed by atoms with Gasteiger partial charge in [0, 0.05) is 5.56 Å². The van der Waals surface area contributed by atoms with E-state index in [1.165, 1.54) is 12.1 Å². The van der Waals surface area contributed by atoms with Crippen molar-refractivity contribution in [2.75, 3.05) is 0 Å². The summed E-state index contributed by atoms with van der Waals surface area (Å²) in [5, 5.41) is 0. The second-order valence-corrected chi connectivity index (χ2v) is 9.92. The van der Waals surface area contributed by atoms with E-state index < -0.39 is 11.6 Å². The molecule has 0 N–H and O–H groups in total. The molecule has 0 bridgehead atoms. The standard InChI is InChI=1S/C21H18Br2F2O2/c1-21(2)14(10-16(22)23)18(21)20(26)27-11-13-8-9-15(24)17(19(13)25)12-6-4-3-5-7-12/h3-10,14,18H,11H2,1-2H3/t14?,18-/m0/s1. The molecule has 2 atom stereocenters. The van der Waals surface area contributed by atoms with Gasteiger partial charge in [-0.3, -0.25) is 4.79 Å². The van der Waals surface area contributed by atoms with E-state index in [1.54, 1.807) is 30.3 Å². The number of esters is 1. The number of halogens is 4. The quantitative estimate of drug-likeness (QED) is 0.434. The van der Waals surface area contributed by atoms with E-state index in [4.69, 9.17) is 4.74 Å². The number of rotatable bonds is 5. The molecular weight excluding hydrogens is 482 g/mol. The van der Waals surface area contributed by atoms with E-state index in [-0.39, 0.29) is 41.0 Å². The van der Waals surface area contributed by atoms with Gasteiger partial charge in [-0.15, -0.1) is 0 Å². The maximum absolute atomic E-state index is 14.8. The van der Waals surface area contributed by atoms with Crippen LogP contribution in [0.2, 0.25) is 0 Å². The lowest BCUT2D eigenvalue weighted by Crippen LogP contribution is -2.11. The predicted octanol–water partition coefficient (Wildman–Crippen LogP) is 6.58. The molecule has 27 heavy (non-hydrogen) atoms. The summed E-state index contributed by atoms with van der Waals surface area (Å²) in [6.45, 7) is 3.73. The van der Waals surface area contributed by atoms with Crippen molar-refractivity contribution in [3.05, 3.63) is 69.1 Å². The molecule has 0 saturated heterocycles. The summed E-state index contributed by atoms with van der Waals surface area (Å²) in [6, 6.07) is 11.0. The average Bonchev–Trinajstić information content (AvgIpc) is 3.14. The normalized spacial score (nSPS) is 20.1. The highest BCUT2D eigenvalue weighted by molar-refractivity contribution is 9.28. The molecule has 2 aromatic rings. The molecule has 6 heteroatoms. The summed E-state index contributed by atoms with van der Waals surface area (Å²) in [4.78, 5) is 12.4. The van der Waals surface area contributed by atoms with Gasteiger partial charge in [0.05, 0.1) is 14.9 Å². The molecule has 1 aliphatic carbocycles. The van der Waals surface area contributed by atoms with Crippen molar-refractivity contribution >= 4 is 37.8 Å². The molecule has 142 valence electrons. The SMILES string of the molecule is CC1(C)C(C=C(Br)Br)[C@H]1C(=O)OCc1ccc(F)c(-c2ccccc2)c1F. The number of allylic oxidation sites excluding steroid dienone is 1. The number of carbonyl (C=O) groups excluding carboxylic acids is 1. The van der Waals surface area contributed by atoms with Crippen molar-refractivity contribution in [3.8, 4) is 11.1 Å². The van der Waals surface area contributed by atoms with Crippen LogP contribution in [0, 0.1) is 28.9 Å². The van der Waals surface area contributed by atoms with Gasteiger partial charge >= 0.3 is 5.97 Å². The largest absolute Gasteiger partial charge is 0.460 e. The van der Waals surface area contributed by atoms with Crippen LogP contribution in [-0.2, 0) is 16.1 Å². The lowest BCUT2D eigenvalue weighted by atomic mass is 10.0. The van der Waals surface area contributed by atoms with Crippen molar-refractivity contribution in [2.45, 2.75) is 20.5 Å². The van der Waals surface area contributed by atoms with Crippen LogP contribution in [0.15, 0.2) is 51.9 Å². The van der Waals surface area contributed by atoms with Crippen molar-refractivity contribution in [2.24, 2.45) is 17.3 Å². The number of benzene rings is 2. The molecule has 1 fully saturated rings. The Morgan fingerprint density at radius 1 is 1.15 bits per heavy atom. The zero-order valence-electron chi connectivity index (χ0n) is 14.8. The van der Waals surface area contributed by atoms with Crippen LogP contribution in [0.25, 0.3) is 11.1 Å². The van der Waals surface area contributed by atoms with E-state index >= 15 is 0 Å². The summed E-state index contributed by atoms with van der Waals surface area (Å²) in [5.74, 6) is -1.99. The summed E-state index contributed by atoms with van der Waals surface area (Å²) in [7, 11) is 0. The molecular formula is C21H18Br2F2O2. The molecule has 0 aromatic heterocycles. The Morgan fingerprint density at radius 2 is 1.81 bits per heavy atom. The number of hydrogen-bond donors (Lipinski definition) is 0. The van der Waals surface area contributed by atoms with Crippen molar-refractivity contribution < 1.29 is 18.3 Å². The Kier molecular flexibility index (Phi) is 5.87.